The van der Waals surface area contributed by atoms with Gasteiger partial charge in [-0.05, 0) is 42.7 Å². The van der Waals surface area contributed by atoms with Gasteiger partial charge in [0, 0.05) is 32.0 Å². The first-order valence-corrected chi connectivity index (χ1v) is 10.1. The molecule has 1 aromatic heterocycles. The third-order valence-electron chi connectivity index (χ3n) is 4.75. The molecular formula is C23H26F3N5. The standard InChI is InChI=1S/C23H26F3N5/c1-3-27-22(30-15-19-7-5-9-21(13-19)23(24,25)26)29-14-18-6-4-8-20(12-18)16-31-11-10-28-17(31)2/h4-13H,3,14-16H2,1-2H3,(H2,27,29,30). The van der Waals surface area contributed by atoms with Crippen LogP contribution in [0.3, 0.4) is 0 Å². The van der Waals surface area contributed by atoms with Crippen LogP contribution in [0.25, 0.3) is 0 Å². The van der Waals surface area contributed by atoms with E-state index < -0.39 is 11.7 Å². The van der Waals surface area contributed by atoms with E-state index in [9.17, 15) is 13.2 Å². The molecule has 3 rings (SSSR count). The molecule has 0 saturated heterocycles. The van der Waals surface area contributed by atoms with Gasteiger partial charge in [-0.1, -0.05) is 36.4 Å². The summed E-state index contributed by atoms with van der Waals surface area (Å²) in [7, 11) is 0. The van der Waals surface area contributed by atoms with Gasteiger partial charge < -0.3 is 15.2 Å². The molecule has 0 amide bonds. The fraction of sp³-hybridized carbons (Fsp3) is 0.304. The number of imidazole rings is 1. The van der Waals surface area contributed by atoms with Crippen molar-refractivity contribution in [1.29, 1.82) is 0 Å². The van der Waals surface area contributed by atoms with Gasteiger partial charge in [-0.25, -0.2) is 9.98 Å². The molecule has 0 unspecified atom stereocenters. The van der Waals surface area contributed by atoms with Crippen molar-refractivity contribution >= 4 is 5.96 Å². The van der Waals surface area contributed by atoms with Crippen molar-refractivity contribution in [2.24, 2.45) is 4.99 Å². The predicted molar refractivity (Wildman–Crippen MR) is 116 cm³/mol. The Morgan fingerprint density at radius 1 is 1.03 bits per heavy atom. The quantitative estimate of drug-likeness (QED) is 0.429. The average Bonchev–Trinajstić information content (AvgIpc) is 3.14. The van der Waals surface area contributed by atoms with Crippen molar-refractivity contribution in [3.05, 3.63) is 89.0 Å². The molecule has 0 saturated carbocycles. The maximum Gasteiger partial charge on any atom is 0.416 e. The lowest BCUT2D eigenvalue weighted by Crippen LogP contribution is -2.36. The topological polar surface area (TPSA) is 54.2 Å². The van der Waals surface area contributed by atoms with Crippen LogP contribution in [0, 0.1) is 6.92 Å². The van der Waals surface area contributed by atoms with Gasteiger partial charge in [-0.15, -0.1) is 0 Å². The van der Waals surface area contributed by atoms with Gasteiger partial charge in [0.25, 0.3) is 0 Å². The number of aryl methyl sites for hydroxylation is 1. The third kappa shape index (κ3) is 6.60. The van der Waals surface area contributed by atoms with E-state index in [0.717, 1.165) is 35.6 Å². The third-order valence-corrected chi connectivity index (χ3v) is 4.75. The fourth-order valence-corrected chi connectivity index (χ4v) is 3.15. The predicted octanol–water partition coefficient (Wildman–Crippen LogP) is 4.51. The molecule has 0 aliphatic rings. The highest BCUT2D eigenvalue weighted by molar-refractivity contribution is 5.79. The second-order valence-corrected chi connectivity index (χ2v) is 7.17. The molecule has 8 heteroatoms. The van der Waals surface area contributed by atoms with Gasteiger partial charge in [0.15, 0.2) is 5.96 Å². The highest BCUT2D eigenvalue weighted by Gasteiger charge is 2.30. The van der Waals surface area contributed by atoms with Crippen molar-refractivity contribution in [2.75, 3.05) is 6.54 Å². The van der Waals surface area contributed by atoms with Crippen LogP contribution in [0.2, 0.25) is 0 Å². The molecule has 164 valence electrons. The number of hydrogen-bond acceptors (Lipinski definition) is 2. The van der Waals surface area contributed by atoms with Crippen LogP contribution in [-0.2, 0) is 25.8 Å². The van der Waals surface area contributed by atoms with Gasteiger partial charge in [-0.2, -0.15) is 13.2 Å². The molecule has 3 aromatic rings. The lowest BCUT2D eigenvalue weighted by atomic mass is 10.1. The number of halogens is 3. The van der Waals surface area contributed by atoms with Crippen molar-refractivity contribution in [2.45, 2.75) is 39.7 Å². The molecule has 0 spiro atoms. The zero-order valence-electron chi connectivity index (χ0n) is 17.6. The molecule has 31 heavy (non-hydrogen) atoms. The first-order valence-electron chi connectivity index (χ1n) is 10.1. The van der Waals surface area contributed by atoms with Crippen molar-refractivity contribution in [1.82, 2.24) is 20.2 Å². The minimum Gasteiger partial charge on any atom is -0.357 e. The lowest BCUT2D eigenvalue weighted by Gasteiger charge is -2.13. The highest BCUT2D eigenvalue weighted by Crippen LogP contribution is 2.29. The summed E-state index contributed by atoms with van der Waals surface area (Å²) < 4.78 is 40.8. The lowest BCUT2D eigenvalue weighted by molar-refractivity contribution is -0.137. The largest absolute Gasteiger partial charge is 0.416 e. The van der Waals surface area contributed by atoms with Gasteiger partial charge in [0.2, 0.25) is 0 Å². The molecule has 0 aliphatic carbocycles. The second-order valence-electron chi connectivity index (χ2n) is 7.17. The van der Waals surface area contributed by atoms with Crippen molar-refractivity contribution in [3.8, 4) is 0 Å². The van der Waals surface area contributed by atoms with E-state index >= 15 is 0 Å². The number of aliphatic imine (C=N–C) groups is 1. The van der Waals surface area contributed by atoms with E-state index in [1.54, 1.807) is 12.3 Å². The summed E-state index contributed by atoms with van der Waals surface area (Å²) >= 11 is 0. The van der Waals surface area contributed by atoms with Crippen LogP contribution in [0.1, 0.15) is 35.0 Å². The van der Waals surface area contributed by atoms with E-state index in [0.29, 0.717) is 24.6 Å². The Balaban J connectivity index is 1.65. The summed E-state index contributed by atoms with van der Waals surface area (Å²) in [5, 5.41) is 6.23. The van der Waals surface area contributed by atoms with Gasteiger partial charge >= 0.3 is 6.18 Å². The Morgan fingerprint density at radius 3 is 2.48 bits per heavy atom. The molecule has 0 radical (unpaired) electrons. The number of nitrogens with one attached hydrogen (secondary N) is 2. The van der Waals surface area contributed by atoms with Crippen molar-refractivity contribution < 1.29 is 13.2 Å². The molecule has 2 N–H and O–H groups in total. The smallest absolute Gasteiger partial charge is 0.357 e. The Labute approximate surface area is 180 Å². The second kappa shape index (κ2) is 10.1. The maximum atomic E-state index is 12.9. The molecule has 0 aliphatic heterocycles. The first-order chi connectivity index (χ1) is 14.8. The minimum absolute atomic E-state index is 0.246. The van der Waals surface area contributed by atoms with Gasteiger partial charge in [0.05, 0.1) is 12.1 Å². The van der Waals surface area contributed by atoms with E-state index in [4.69, 9.17) is 0 Å². The average molecular weight is 429 g/mol. The molecule has 5 nitrogen and oxygen atoms in total. The Morgan fingerprint density at radius 2 is 1.77 bits per heavy atom. The van der Waals surface area contributed by atoms with Gasteiger partial charge in [-0.3, -0.25) is 0 Å². The van der Waals surface area contributed by atoms with Crippen LogP contribution < -0.4 is 10.6 Å². The van der Waals surface area contributed by atoms with Gasteiger partial charge in [0.1, 0.15) is 5.82 Å². The molecule has 0 fully saturated rings. The van der Waals surface area contributed by atoms with Crippen LogP contribution >= 0.6 is 0 Å². The minimum atomic E-state index is -4.35. The Hall–Kier alpha value is -3.29. The Kier molecular flexibility index (Phi) is 7.33. The summed E-state index contributed by atoms with van der Waals surface area (Å²) in [6.07, 6.45) is -0.627. The zero-order chi connectivity index (χ0) is 22.3. The summed E-state index contributed by atoms with van der Waals surface area (Å²) in [5.74, 6) is 1.51. The first kappa shape index (κ1) is 22.4. The molecule has 0 atom stereocenters. The molecule has 2 aromatic carbocycles. The highest BCUT2D eigenvalue weighted by atomic mass is 19.4. The monoisotopic (exact) mass is 429 g/mol. The number of benzene rings is 2. The summed E-state index contributed by atoms with van der Waals surface area (Å²) in [6.45, 7) is 5.98. The summed E-state index contributed by atoms with van der Waals surface area (Å²) in [4.78, 5) is 8.82. The Bertz CT molecular complexity index is 1020. The summed E-state index contributed by atoms with van der Waals surface area (Å²) in [6, 6.07) is 13.5. The number of guanidine groups is 1. The number of alkyl halides is 3. The number of rotatable bonds is 7. The fourth-order valence-electron chi connectivity index (χ4n) is 3.15. The number of hydrogen-bond donors (Lipinski definition) is 2. The number of nitrogens with zero attached hydrogens (tertiary/aromatic N) is 3. The zero-order valence-corrected chi connectivity index (χ0v) is 17.6. The molecule has 1 heterocycles. The maximum absolute atomic E-state index is 12.9. The van der Waals surface area contributed by atoms with Crippen LogP contribution in [-0.4, -0.2) is 22.1 Å². The normalized spacial score (nSPS) is 12.1. The van der Waals surface area contributed by atoms with Crippen LogP contribution in [0.5, 0.6) is 0 Å². The molecular weight excluding hydrogens is 403 g/mol. The van der Waals surface area contributed by atoms with Crippen LogP contribution in [0.15, 0.2) is 65.9 Å². The number of aromatic nitrogens is 2. The van der Waals surface area contributed by atoms with E-state index in [2.05, 4.69) is 37.3 Å². The molecule has 0 bridgehead atoms. The van der Waals surface area contributed by atoms with E-state index in [-0.39, 0.29) is 6.54 Å². The van der Waals surface area contributed by atoms with E-state index in [1.165, 1.54) is 6.07 Å². The van der Waals surface area contributed by atoms with E-state index in [1.807, 2.05) is 32.2 Å². The summed E-state index contributed by atoms with van der Waals surface area (Å²) in [5.41, 5.74) is 2.08. The van der Waals surface area contributed by atoms with Crippen molar-refractivity contribution in [3.63, 3.8) is 0 Å². The van der Waals surface area contributed by atoms with Crippen LogP contribution in [0.4, 0.5) is 13.2 Å². The SMILES string of the molecule is CCNC(=NCc1cccc(Cn2ccnc2C)c1)NCc1cccc(C(F)(F)F)c1.